The van der Waals surface area contributed by atoms with Crippen LogP contribution in [0.2, 0.25) is 0 Å². The van der Waals surface area contributed by atoms with Crippen LogP contribution in [0.3, 0.4) is 0 Å². The first kappa shape index (κ1) is 28.3. The van der Waals surface area contributed by atoms with Crippen molar-refractivity contribution in [3.63, 3.8) is 0 Å². The number of nitrogens with zero attached hydrogens (tertiary/aromatic N) is 5. The molecule has 0 aliphatic heterocycles. The number of imidazole rings is 1. The number of carbonyl (C=O) groups is 1. The van der Waals surface area contributed by atoms with Gasteiger partial charge in [0.2, 0.25) is 10.0 Å². The van der Waals surface area contributed by atoms with Gasteiger partial charge in [-0.3, -0.25) is 4.79 Å². The lowest BCUT2D eigenvalue weighted by Gasteiger charge is -2.22. The van der Waals surface area contributed by atoms with E-state index < -0.39 is 10.0 Å². The highest BCUT2D eigenvalue weighted by Crippen LogP contribution is 2.25. The predicted molar refractivity (Wildman–Crippen MR) is 143 cm³/mol. The highest BCUT2D eigenvalue weighted by Gasteiger charge is 2.24. The van der Waals surface area contributed by atoms with Crippen molar-refractivity contribution >= 4 is 27.0 Å². The van der Waals surface area contributed by atoms with Gasteiger partial charge in [0.1, 0.15) is 5.82 Å². The first-order valence-corrected chi connectivity index (χ1v) is 13.9. The molecule has 0 bridgehead atoms. The molecule has 0 unspecified atom stereocenters. The molecule has 0 aliphatic carbocycles. The fourth-order valence-corrected chi connectivity index (χ4v) is 5.57. The highest BCUT2D eigenvalue weighted by atomic mass is 32.2. The zero-order valence-corrected chi connectivity index (χ0v) is 22.8. The Balaban J connectivity index is 1.96. The maximum atomic E-state index is 13.4. The lowest BCUT2D eigenvalue weighted by molar-refractivity contribution is -0.143. The molecule has 0 spiro atoms. The topological polar surface area (TPSA) is 109 Å². The molecule has 1 aromatic heterocycles. The smallest absolute Gasteiger partial charge is 0.305 e. The molecule has 1 heterocycles. The van der Waals surface area contributed by atoms with E-state index in [-0.39, 0.29) is 17.3 Å². The van der Waals surface area contributed by atoms with Crippen LogP contribution in [0.25, 0.3) is 11.0 Å². The summed E-state index contributed by atoms with van der Waals surface area (Å²) in [5.74, 6) is 0.518. The number of hydrogen-bond acceptors (Lipinski definition) is 7. The summed E-state index contributed by atoms with van der Waals surface area (Å²) in [5, 5.41) is 9.09. The Hall–Kier alpha value is -3.26. The Morgan fingerprint density at radius 2 is 1.84 bits per heavy atom. The second kappa shape index (κ2) is 12.8. The Morgan fingerprint density at radius 1 is 1.11 bits per heavy atom. The van der Waals surface area contributed by atoms with Crippen LogP contribution in [0.4, 0.5) is 0 Å². The van der Waals surface area contributed by atoms with Crippen LogP contribution in [0, 0.1) is 11.3 Å². The molecular formula is C27H35N5O4S. The summed E-state index contributed by atoms with van der Waals surface area (Å²) in [6.45, 7) is 5.90. The maximum absolute atomic E-state index is 13.4. The number of aromatic nitrogens is 2. The van der Waals surface area contributed by atoms with E-state index in [1.54, 1.807) is 37.3 Å². The molecule has 0 N–H and O–H groups in total. The van der Waals surface area contributed by atoms with Crippen molar-refractivity contribution in [3.8, 4) is 6.07 Å². The van der Waals surface area contributed by atoms with Gasteiger partial charge in [0, 0.05) is 39.0 Å². The third-order valence-electron chi connectivity index (χ3n) is 6.10. The molecule has 3 rings (SSSR count). The van der Waals surface area contributed by atoms with E-state index in [1.165, 1.54) is 4.31 Å². The number of rotatable bonds is 13. The summed E-state index contributed by atoms with van der Waals surface area (Å²) in [6, 6.07) is 14.5. The van der Waals surface area contributed by atoms with Gasteiger partial charge < -0.3 is 14.2 Å². The van der Waals surface area contributed by atoms with Crippen LogP contribution >= 0.6 is 0 Å². The van der Waals surface area contributed by atoms with Crippen molar-refractivity contribution in [2.45, 2.75) is 44.6 Å². The Bertz CT molecular complexity index is 1360. The third kappa shape index (κ3) is 7.16. The third-order valence-corrected chi connectivity index (χ3v) is 8.07. The normalized spacial score (nSPS) is 11.8. The number of carbonyl (C=O) groups excluding carboxylic acids is 1. The second-order valence-corrected chi connectivity index (χ2v) is 11.0. The van der Waals surface area contributed by atoms with E-state index in [0.29, 0.717) is 56.7 Å². The standard InChI is InChI=1S/C27H35N5O4S/c1-5-31(17-16-30(3)4)37(34,35)23-13-14-25-24(19-23)29-26(18-21-9-11-22(20-28)12-10-21)32(25)15-7-8-27(33)36-6-2/h9-14,19H,5-8,15-18H2,1-4H3. The van der Waals surface area contributed by atoms with Crippen molar-refractivity contribution in [2.24, 2.45) is 0 Å². The minimum Gasteiger partial charge on any atom is -0.466 e. The largest absolute Gasteiger partial charge is 0.466 e. The van der Waals surface area contributed by atoms with Crippen molar-refractivity contribution in [1.82, 2.24) is 18.8 Å². The Morgan fingerprint density at radius 3 is 2.46 bits per heavy atom. The van der Waals surface area contributed by atoms with E-state index in [4.69, 9.17) is 15.0 Å². The molecule has 2 aromatic carbocycles. The average Bonchev–Trinajstić information content (AvgIpc) is 3.21. The number of likely N-dealkylation sites (N-methyl/N-ethyl adjacent to an activating group) is 2. The van der Waals surface area contributed by atoms with Gasteiger partial charge in [-0.15, -0.1) is 0 Å². The fourth-order valence-electron chi connectivity index (χ4n) is 4.11. The van der Waals surface area contributed by atoms with Gasteiger partial charge in [-0.05, 0) is 63.3 Å². The van der Waals surface area contributed by atoms with E-state index in [9.17, 15) is 13.2 Å². The zero-order chi connectivity index (χ0) is 27.0. The van der Waals surface area contributed by atoms with Crippen molar-refractivity contribution in [3.05, 3.63) is 59.4 Å². The van der Waals surface area contributed by atoms with E-state index in [2.05, 4.69) is 6.07 Å². The summed E-state index contributed by atoms with van der Waals surface area (Å²) >= 11 is 0. The number of ether oxygens (including phenoxy) is 1. The molecule has 0 aliphatic rings. The minimum absolute atomic E-state index is 0.210. The van der Waals surface area contributed by atoms with Crippen molar-refractivity contribution < 1.29 is 17.9 Å². The number of nitriles is 1. The minimum atomic E-state index is -3.68. The van der Waals surface area contributed by atoms with Gasteiger partial charge in [-0.25, -0.2) is 13.4 Å². The van der Waals surface area contributed by atoms with Crippen LogP contribution < -0.4 is 0 Å². The number of benzene rings is 2. The summed E-state index contributed by atoms with van der Waals surface area (Å²) in [4.78, 5) is 18.8. The predicted octanol–water partition coefficient (Wildman–Crippen LogP) is 3.41. The first-order chi connectivity index (χ1) is 17.7. The van der Waals surface area contributed by atoms with Gasteiger partial charge in [0.05, 0.1) is 34.2 Å². The Kier molecular flexibility index (Phi) is 9.80. The number of hydrogen-bond donors (Lipinski definition) is 0. The lowest BCUT2D eigenvalue weighted by Crippen LogP contribution is -2.36. The van der Waals surface area contributed by atoms with E-state index in [0.717, 1.165) is 16.9 Å². The molecule has 37 heavy (non-hydrogen) atoms. The van der Waals surface area contributed by atoms with Crippen LogP contribution in [-0.4, -0.2) is 73.5 Å². The molecule has 0 amide bonds. The summed E-state index contributed by atoms with van der Waals surface area (Å²) in [7, 11) is 0.149. The van der Waals surface area contributed by atoms with Crippen LogP contribution in [0.1, 0.15) is 43.6 Å². The molecule has 0 saturated carbocycles. The Labute approximate surface area is 219 Å². The molecule has 0 atom stereocenters. The van der Waals surface area contributed by atoms with Gasteiger partial charge in [0.25, 0.3) is 0 Å². The molecule has 0 fully saturated rings. The van der Waals surface area contributed by atoms with Crippen LogP contribution in [0.15, 0.2) is 47.4 Å². The summed E-state index contributed by atoms with van der Waals surface area (Å²) < 4.78 is 35.3. The van der Waals surface area contributed by atoms with Gasteiger partial charge >= 0.3 is 5.97 Å². The first-order valence-electron chi connectivity index (χ1n) is 12.5. The summed E-state index contributed by atoms with van der Waals surface area (Å²) in [5.41, 5.74) is 2.96. The van der Waals surface area contributed by atoms with Crippen LogP contribution in [-0.2, 0) is 32.5 Å². The monoisotopic (exact) mass is 525 g/mol. The SMILES string of the molecule is CCOC(=O)CCCn1c(Cc2ccc(C#N)cc2)nc2cc(S(=O)(=O)N(CC)CCN(C)C)ccc21. The molecule has 3 aromatic rings. The molecule has 0 radical (unpaired) electrons. The quantitative estimate of drug-likeness (QED) is 0.315. The fraction of sp³-hybridized carbons (Fsp3) is 0.444. The van der Waals surface area contributed by atoms with Gasteiger partial charge in [-0.2, -0.15) is 9.57 Å². The lowest BCUT2D eigenvalue weighted by atomic mass is 10.1. The van der Waals surface area contributed by atoms with E-state index in [1.807, 2.05) is 42.6 Å². The summed E-state index contributed by atoms with van der Waals surface area (Å²) in [6.07, 6.45) is 1.36. The highest BCUT2D eigenvalue weighted by molar-refractivity contribution is 7.89. The van der Waals surface area contributed by atoms with Gasteiger partial charge in [-0.1, -0.05) is 19.1 Å². The van der Waals surface area contributed by atoms with Crippen molar-refractivity contribution in [2.75, 3.05) is 40.3 Å². The molecule has 0 saturated heterocycles. The van der Waals surface area contributed by atoms with Crippen LogP contribution in [0.5, 0.6) is 0 Å². The number of sulfonamides is 1. The second-order valence-electron chi connectivity index (χ2n) is 9.02. The molecule has 10 heteroatoms. The molecule has 198 valence electrons. The van der Waals surface area contributed by atoms with E-state index >= 15 is 0 Å². The maximum Gasteiger partial charge on any atom is 0.305 e. The average molecular weight is 526 g/mol. The zero-order valence-electron chi connectivity index (χ0n) is 22.0. The molecular weight excluding hydrogens is 490 g/mol. The molecule has 9 nitrogen and oxygen atoms in total. The van der Waals surface area contributed by atoms with Crippen molar-refractivity contribution in [1.29, 1.82) is 5.26 Å². The number of esters is 1. The number of aryl methyl sites for hydroxylation is 1. The van der Waals surface area contributed by atoms with Gasteiger partial charge in [0.15, 0.2) is 0 Å². The number of fused-ring (bicyclic) bond motifs is 1.